The summed E-state index contributed by atoms with van der Waals surface area (Å²) < 4.78 is 1.51. The van der Waals surface area contributed by atoms with Crippen LogP contribution in [0.5, 0.6) is 0 Å². The molecule has 0 aliphatic heterocycles. The second kappa shape index (κ2) is 4.81. The van der Waals surface area contributed by atoms with Crippen molar-refractivity contribution in [3.8, 4) is 0 Å². The third-order valence-electron chi connectivity index (χ3n) is 3.26. The van der Waals surface area contributed by atoms with Crippen LogP contribution in [-0.2, 0) is 4.79 Å². The normalized spacial score (nSPS) is 18.1. The fourth-order valence-corrected chi connectivity index (χ4v) is 2.11. The summed E-state index contributed by atoms with van der Waals surface area (Å²) in [5.74, 6) is 0.532. The van der Waals surface area contributed by atoms with Gasteiger partial charge in [-0.15, -0.1) is 5.10 Å². The maximum atomic E-state index is 11.3. The first-order valence-corrected chi connectivity index (χ1v) is 6.10. The highest BCUT2D eigenvalue weighted by Crippen LogP contribution is 2.36. The molecule has 1 unspecified atom stereocenters. The van der Waals surface area contributed by atoms with E-state index in [0.717, 1.165) is 18.7 Å². The number of aromatic nitrogens is 4. The Morgan fingerprint density at radius 2 is 2.24 bits per heavy atom. The van der Waals surface area contributed by atoms with E-state index in [1.165, 1.54) is 11.1 Å². The molecule has 94 valence electrons. The van der Waals surface area contributed by atoms with Crippen molar-refractivity contribution >= 4 is 5.97 Å². The van der Waals surface area contributed by atoms with E-state index >= 15 is 0 Å². The van der Waals surface area contributed by atoms with Gasteiger partial charge in [-0.1, -0.05) is 20.3 Å². The van der Waals surface area contributed by atoms with Crippen molar-refractivity contribution in [1.29, 1.82) is 0 Å². The fourth-order valence-electron chi connectivity index (χ4n) is 2.11. The van der Waals surface area contributed by atoms with Crippen molar-refractivity contribution in [2.45, 2.75) is 51.5 Å². The molecule has 17 heavy (non-hydrogen) atoms. The molecule has 1 heterocycles. The van der Waals surface area contributed by atoms with Gasteiger partial charge in [0.1, 0.15) is 0 Å². The van der Waals surface area contributed by atoms with Gasteiger partial charge in [0, 0.05) is 5.92 Å². The zero-order valence-corrected chi connectivity index (χ0v) is 10.2. The van der Waals surface area contributed by atoms with Gasteiger partial charge in [0.15, 0.2) is 11.9 Å². The maximum absolute atomic E-state index is 11.3. The van der Waals surface area contributed by atoms with Gasteiger partial charge < -0.3 is 5.11 Å². The van der Waals surface area contributed by atoms with Gasteiger partial charge in [0.25, 0.3) is 0 Å². The summed E-state index contributed by atoms with van der Waals surface area (Å²) in [6.07, 6.45) is 3.86. The van der Waals surface area contributed by atoms with Gasteiger partial charge in [-0.3, -0.25) is 0 Å². The summed E-state index contributed by atoms with van der Waals surface area (Å²) in [7, 11) is 0. The van der Waals surface area contributed by atoms with Crippen LogP contribution >= 0.6 is 0 Å². The Morgan fingerprint density at radius 3 is 2.71 bits per heavy atom. The lowest BCUT2D eigenvalue weighted by Gasteiger charge is -2.25. The number of carboxylic acid groups (broad SMARTS) is 1. The maximum Gasteiger partial charge on any atom is 0.328 e. The Balaban J connectivity index is 2.22. The van der Waals surface area contributed by atoms with Crippen LogP contribution in [0.1, 0.15) is 57.3 Å². The van der Waals surface area contributed by atoms with Crippen LogP contribution < -0.4 is 0 Å². The Kier molecular flexibility index (Phi) is 3.40. The molecule has 0 radical (unpaired) electrons. The van der Waals surface area contributed by atoms with E-state index in [4.69, 9.17) is 0 Å². The largest absolute Gasteiger partial charge is 0.480 e. The minimum absolute atomic E-state index is 0.301. The second-order valence-corrected chi connectivity index (χ2v) is 5.09. The van der Waals surface area contributed by atoms with Crippen LogP contribution in [0, 0.1) is 5.92 Å². The molecule has 6 heteroatoms. The molecule has 0 saturated heterocycles. The molecule has 0 aromatic carbocycles. The third kappa shape index (κ3) is 2.45. The highest BCUT2D eigenvalue weighted by Gasteiger charge is 2.31. The summed E-state index contributed by atoms with van der Waals surface area (Å²) >= 11 is 0. The average molecular weight is 238 g/mol. The predicted octanol–water partition coefficient (Wildman–Crippen LogP) is 1.61. The lowest BCUT2D eigenvalue weighted by molar-refractivity contribution is -0.141. The smallest absolute Gasteiger partial charge is 0.328 e. The van der Waals surface area contributed by atoms with E-state index in [9.17, 15) is 9.90 Å². The Labute approximate surface area is 100 Å². The molecule has 1 aromatic rings. The highest BCUT2D eigenvalue weighted by molar-refractivity contribution is 5.71. The molecular weight excluding hydrogens is 220 g/mol. The molecule has 1 saturated carbocycles. The molecule has 1 aliphatic rings. The third-order valence-corrected chi connectivity index (χ3v) is 3.26. The van der Waals surface area contributed by atoms with Gasteiger partial charge in [0.2, 0.25) is 0 Å². The molecular formula is C11H18N4O2. The fraction of sp³-hybridized carbons (Fsp3) is 0.818. The number of hydrogen-bond donors (Lipinski definition) is 1. The zero-order chi connectivity index (χ0) is 12.4. The summed E-state index contributed by atoms with van der Waals surface area (Å²) in [6, 6.07) is -0.638. The predicted molar refractivity (Wildman–Crippen MR) is 60.5 cm³/mol. The molecule has 1 aliphatic carbocycles. The van der Waals surface area contributed by atoms with Crippen LogP contribution in [-0.4, -0.2) is 31.3 Å². The van der Waals surface area contributed by atoms with Gasteiger partial charge in [-0.2, -0.15) is 0 Å². The Bertz CT molecular complexity index is 398. The standard InChI is InChI=1S/C11H18N4O2/c1-7(2)6-9(11(16)17)15-10(12-13-14-15)8-4-3-5-8/h7-9H,3-6H2,1-2H3,(H,16,17). The quantitative estimate of drug-likeness (QED) is 0.842. The SMILES string of the molecule is CC(C)CC(C(=O)O)n1nnnc1C1CCC1. The Hall–Kier alpha value is -1.46. The van der Waals surface area contributed by atoms with Crippen molar-refractivity contribution < 1.29 is 9.90 Å². The summed E-state index contributed by atoms with van der Waals surface area (Å²) in [5.41, 5.74) is 0. The number of rotatable bonds is 5. The van der Waals surface area contributed by atoms with Crippen LogP contribution in [0.15, 0.2) is 0 Å². The Morgan fingerprint density at radius 1 is 1.53 bits per heavy atom. The van der Waals surface area contributed by atoms with Crippen LogP contribution in [0.3, 0.4) is 0 Å². The minimum Gasteiger partial charge on any atom is -0.480 e. The van der Waals surface area contributed by atoms with Crippen molar-refractivity contribution in [2.75, 3.05) is 0 Å². The number of nitrogens with zero attached hydrogens (tertiary/aromatic N) is 4. The van der Waals surface area contributed by atoms with Crippen LogP contribution in [0.25, 0.3) is 0 Å². The summed E-state index contributed by atoms with van der Waals surface area (Å²) in [6.45, 7) is 4.01. The monoisotopic (exact) mass is 238 g/mol. The minimum atomic E-state index is -0.855. The van der Waals surface area contributed by atoms with E-state index in [1.807, 2.05) is 13.8 Å². The van der Waals surface area contributed by atoms with E-state index in [1.54, 1.807) is 0 Å². The first-order valence-electron chi connectivity index (χ1n) is 6.10. The van der Waals surface area contributed by atoms with E-state index < -0.39 is 12.0 Å². The molecule has 2 rings (SSSR count). The van der Waals surface area contributed by atoms with E-state index in [-0.39, 0.29) is 0 Å². The lowest BCUT2D eigenvalue weighted by Crippen LogP contribution is -2.26. The lowest BCUT2D eigenvalue weighted by atomic mass is 9.84. The molecule has 0 bridgehead atoms. The van der Waals surface area contributed by atoms with Gasteiger partial charge in [0.05, 0.1) is 0 Å². The average Bonchev–Trinajstić information content (AvgIpc) is 2.59. The number of carboxylic acids is 1. The molecule has 0 spiro atoms. The molecule has 1 fully saturated rings. The second-order valence-electron chi connectivity index (χ2n) is 5.09. The van der Waals surface area contributed by atoms with Crippen LogP contribution in [0.4, 0.5) is 0 Å². The number of carbonyl (C=O) groups is 1. The molecule has 6 nitrogen and oxygen atoms in total. The highest BCUT2D eigenvalue weighted by atomic mass is 16.4. The van der Waals surface area contributed by atoms with E-state index in [2.05, 4.69) is 15.5 Å². The number of tetrazole rings is 1. The summed E-state index contributed by atoms with van der Waals surface area (Å²) in [4.78, 5) is 11.3. The molecule has 1 aromatic heterocycles. The topological polar surface area (TPSA) is 80.9 Å². The summed E-state index contributed by atoms with van der Waals surface area (Å²) in [5, 5.41) is 20.8. The zero-order valence-electron chi connectivity index (χ0n) is 10.2. The van der Waals surface area contributed by atoms with Crippen molar-refractivity contribution in [3.05, 3.63) is 5.82 Å². The first-order chi connectivity index (χ1) is 8.09. The number of hydrogen-bond acceptors (Lipinski definition) is 4. The van der Waals surface area contributed by atoms with Crippen molar-refractivity contribution in [3.63, 3.8) is 0 Å². The van der Waals surface area contributed by atoms with Crippen molar-refractivity contribution in [2.24, 2.45) is 5.92 Å². The molecule has 1 N–H and O–H groups in total. The van der Waals surface area contributed by atoms with Crippen LogP contribution in [0.2, 0.25) is 0 Å². The van der Waals surface area contributed by atoms with Gasteiger partial charge in [-0.25, -0.2) is 9.48 Å². The van der Waals surface area contributed by atoms with Gasteiger partial charge in [-0.05, 0) is 35.6 Å². The van der Waals surface area contributed by atoms with E-state index in [0.29, 0.717) is 18.3 Å². The van der Waals surface area contributed by atoms with Gasteiger partial charge >= 0.3 is 5.97 Å². The first kappa shape index (κ1) is 12.0. The number of aliphatic carboxylic acids is 1. The van der Waals surface area contributed by atoms with Crippen molar-refractivity contribution in [1.82, 2.24) is 20.2 Å². The molecule has 1 atom stereocenters. The molecule has 0 amide bonds.